The Bertz CT molecular complexity index is 903. The first kappa shape index (κ1) is 20.6. The number of nitrogens with zero attached hydrogens (tertiary/aromatic N) is 1. The molecule has 0 aliphatic rings. The van der Waals surface area contributed by atoms with E-state index >= 15 is 0 Å². The van der Waals surface area contributed by atoms with Gasteiger partial charge in [-0.05, 0) is 30.2 Å². The van der Waals surface area contributed by atoms with Crippen molar-refractivity contribution in [3.63, 3.8) is 0 Å². The van der Waals surface area contributed by atoms with Crippen LogP contribution >= 0.6 is 0 Å². The fraction of sp³-hybridized carbons (Fsp3) is 0.294. The number of sulfonamides is 1. The molecule has 0 saturated carbocycles. The van der Waals surface area contributed by atoms with Crippen molar-refractivity contribution in [1.82, 2.24) is 10.3 Å². The molecular weight excluding hydrogens is 378 g/mol. The SMILES string of the molecule is CC(C)CNC(=O)CNc1ccc(S(=O)(=O)Nc2ccc(F)c(F)c2)cn1. The fourth-order valence-corrected chi connectivity index (χ4v) is 2.96. The van der Waals surface area contributed by atoms with Crippen molar-refractivity contribution in [3.05, 3.63) is 48.2 Å². The van der Waals surface area contributed by atoms with Crippen LogP contribution < -0.4 is 15.4 Å². The lowest BCUT2D eigenvalue weighted by Gasteiger charge is -2.10. The second-order valence-electron chi connectivity index (χ2n) is 6.17. The van der Waals surface area contributed by atoms with Crippen LogP contribution in [0.5, 0.6) is 0 Å². The summed E-state index contributed by atoms with van der Waals surface area (Å²) in [6.45, 7) is 4.51. The highest BCUT2D eigenvalue weighted by Crippen LogP contribution is 2.18. The number of nitrogens with one attached hydrogen (secondary N) is 3. The lowest BCUT2D eigenvalue weighted by atomic mass is 10.2. The maximum atomic E-state index is 13.2. The van der Waals surface area contributed by atoms with Gasteiger partial charge in [0.05, 0.1) is 12.2 Å². The summed E-state index contributed by atoms with van der Waals surface area (Å²) in [7, 11) is -4.02. The molecule has 2 aromatic rings. The molecule has 0 fully saturated rings. The smallest absolute Gasteiger partial charge is 0.263 e. The van der Waals surface area contributed by atoms with E-state index in [0.29, 0.717) is 18.3 Å². The van der Waals surface area contributed by atoms with Gasteiger partial charge in [0.25, 0.3) is 10.0 Å². The average molecular weight is 398 g/mol. The number of pyridine rings is 1. The van der Waals surface area contributed by atoms with Crippen LogP contribution in [0.3, 0.4) is 0 Å². The summed E-state index contributed by atoms with van der Waals surface area (Å²) >= 11 is 0. The number of rotatable bonds is 8. The Morgan fingerprint density at radius 3 is 2.48 bits per heavy atom. The summed E-state index contributed by atoms with van der Waals surface area (Å²) in [6.07, 6.45) is 1.09. The van der Waals surface area contributed by atoms with Crippen molar-refractivity contribution < 1.29 is 22.0 Å². The molecule has 3 N–H and O–H groups in total. The van der Waals surface area contributed by atoms with Crippen molar-refractivity contribution >= 4 is 27.4 Å². The molecule has 0 spiro atoms. The molecule has 1 amide bonds. The second-order valence-corrected chi connectivity index (χ2v) is 7.85. The van der Waals surface area contributed by atoms with E-state index in [1.807, 2.05) is 13.8 Å². The number of benzene rings is 1. The molecule has 1 heterocycles. The van der Waals surface area contributed by atoms with Gasteiger partial charge in [-0.25, -0.2) is 22.2 Å². The molecule has 27 heavy (non-hydrogen) atoms. The van der Waals surface area contributed by atoms with E-state index in [2.05, 4.69) is 20.3 Å². The van der Waals surface area contributed by atoms with Crippen molar-refractivity contribution in [2.45, 2.75) is 18.7 Å². The van der Waals surface area contributed by atoms with Crippen LogP contribution in [0, 0.1) is 17.6 Å². The molecule has 2 rings (SSSR count). The van der Waals surface area contributed by atoms with Crippen LogP contribution in [0.15, 0.2) is 41.4 Å². The second kappa shape index (κ2) is 8.76. The molecule has 146 valence electrons. The maximum Gasteiger partial charge on any atom is 0.263 e. The van der Waals surface area contributed by atoms with Gasteiger partial charge in [0.2, 0.25) is 5.91 Å². The van der Waals surface area contributed by atoms with Crippen LogP contribution in [0.2, 0.25) is 0 Å². The molecule has 1 aromatic carbocycles. The third-order valence-corrected chi connectivity index (χ3v) is 4.72. The zero-order valence-electron chi connectivity index (χ0n) is 14.8. The minimum atomic E-state index is -4.02. The highest BCUT2D eigenvalue weighted by atomic mass is 32.2. The van der Waals surface area contributed by atoms with E-state index in [0.717, 1.165) is 24.4 Å². The minimum absolute atomic E-state index is 0.00107. The van der Waals surface area contributed by atoms with Crippen molar-refractivity contribution in [2.24, 2.45) is 5.92 Å². The number of halogens is 2. The van der Waals surface area contributed by atoms with Gasteiger partial charge in [-0.15, -0.1) is 0 Å². The molecule has 0 unspecified atom stereocenters. The number of hydrogen-bond donors (Lipinski definition) is 3. The molecule has 0 radical (unpaired) electrons. The molecule has 0 aliphatic carbocycles. The Morgan fingerprint density at radius 2 is 1.89 bits per heavy atom. The third kappa shape index (κ3) is 6.17. The van der Waals surface area contributed by atoms with Crippen LogP contribution in [-0.4, -0.2) is 32.4 Å². The normalized spacial score (nSPS) is 11.3. The topological polar surface area (TPSA) is 100 Å². The van der Waals surface area contributed by atoms with Crippen LogP contribution in [-0.2, 0) is 14.8 Å². The Labute approximate surface area is 156 Å². The van der Waals surface area contributed by atoms with Crippen LogP contribution in [0.4, 0.5) is 20.3 Å². The van der Waals surface area contributed by atoms with Gasteiger partial charge in [0, 0.05) is 18.8 Å². The first-order chi connectivity index (χ1) is 12.7. The van der Waals surface area contributed by atoms with Gasteiger partial charge in [0.15, 0.2) is 11.6 Å². The van der Waals surface area contributed by atoms with E-state index in [4.69, 9.17) is 0 Å². The van der Waals surface area contributed by atoms with Gasteiger partial charge < -0.3 is 10.6 Å². The van der Waals surface area contributed by atoms with E-state index in [1.165, 1.54) is 12.1 Å². The van der Waals surface area contributed by atoms with Gasteiger partial charge >= 0.3 is 0 Å². The zero-order chi connectivity index (χ0) is 20.0. The number of hydrogen-bond acceptors (Lipinski definition) is 5. The van der Waals surface area contributed by atoms with Gasteiger partial charge in [-0.3, -0.25) is 9.52 Å². The molecule has 0 saturated heterocycles. The zero-order valence-corrected chi connectivity index (χ0v) is 15.6. The summed E-state index contributed by atoms with van der Waals surface area (Å²) in [5.74, 6) is -1.79. The van der Waals surface area contributed by atoms with E-state index < -0.39 is 21.7 Å². The predicted octanol–water partition coefficient (Wildman–Crippen LogP) is 2.34. The Kier molecular flexibility index (Phi) is 6.67. The fourth-order valence-electron chi connectivity index (χ4n) is 1.97. The number of anilines is 2. The summed E-state index contributed by atoms with van der Waals surface area (Å²) in [5.41, 5.74) is -0.113. The van der Waals surface area contributed by atoms with E-state index in [-0.39, 0.29) is 23.0 Å². The Morgan fingerprint density at radius 1 is 1.15 bits per heavy atom. The van der Waals surface area contributed by atoms with Crippen molar-refractivity contribution in [3.8, 4) is 0 Å². The molecule has 7 nitrogen and oxygen atoms in total. The summed E-state index contributed by atoms with van der Waals surface area (Å²) < 4.78 is 52.8. The quantitative estimate of drug-likeness (QED) is 0.634. The van der Waals surface area contributed by atoms with Gasteiger partial charge in [0.1, 0.15) is 10.7 Å². The first-order valence-electron chi connectivity index (χ1n) is 8.12. The van der Waals surface area contributed by atoms with E-state index in [1.54, 1.807) is 0 Å². The molecule has 1 aromatic heterocycles. The molecular formula is C17H20F2N4O3S. The predicted molar refractivity (Wildman–Crippen MR) is 97.7 cm³/mol. The van der Waals surface area contributed by atoms with Crippen molar-refractivity contribution in [2.75, 3.05) is 23.1 Å². The average Bonchev–Trinajstić information content (AvgIpc) is 2.61. The van der Waals surface area contributed by atoms with E-state index in [9.17, 15) is 22.0 Å². The largest absolute Gasteiger partial charge is 0.361 e. The van der Waals surface area contributed by atoms with Crippen molar-refractivity contribution in [1.29, 1.82) is 0 Å². The Hall–Kier alpha value is -2.75. The van der Waals surface area contributed by atoms with Gasteiger partial charge in [-0.1, -0.05) is 13.8 Å². The highest BCUT2D eigenvalue weighted by Gasteiger charge is 2.16. The summed E-state index contributed by atoms with van der Waals surface area (Å²) in [6, 6.07) is 5.35. The highest BCUT2D eigenvalue weighted by molar-refractivity contribution is 7.92. The Balaban J connectivity index is 1.98. The van der Waals surface area contributed by atoms with Gasteiger partial charge in [-0.2, -0.15) is 0 Å². The number of carbonyl (C=O) groups excluding carboxylic acids is 1. The number of aromatic nitrogens is 1. The number of amides is 1. The molecule has 0 atom stereocenters. The van der Waals surface area contributed by atoms with Crippen LogP contribution in [0.25, 0.3) is 0 Å². The standard InChI is InChI=1S/C17H20F2N4O3S/c1-11(2)8-22-17(24)10-21-16-6-4-13(9-20-16)27(25,26)23-12-3-5-14(18)15(19)7-12/h3-7,9,11,23H,8,10H2,1-2H3,(H,20,21)(H,22,24). The number of carbonyl (C=O) groups is 1. The molecule has 0 bridgehead atoms. The minimum Gasteiger partial charge on any atom is -0.361 e. The lowest BCUT2D eigenvalue weighted by Crippen LogP contribution is -2.32. The molecule has 10 heteroatoms. The monoisotopic (exact) mass is 398 g/mol. The third-order valence-electron chi connectivity index (χ3n) is 3.36. The summed E-state index contributed by atoms with van der Waals surface area (Å²) in [5, 5.41) is 5.51. The molecule has 0 aliphatic heterocycles. The maximum absolute atomic E-state index is 13.2. The summed E-state index contributed by atoms with van der Waals surface area (Å²) in [4.78, 5) is 15.4. The lowest BCUT2D eigenvalue weighted by molar-refractivity contribution is -0.119. The van der Waals surface area contributed by atoms with Crippen LogP contribution in [0.1, 0.15) is 13.8 Å². The first-order valence-corrected chi connectivity index (χ1v) is 9.60.